The summed E-state index contributed by atoms with van der Waals surface area (Å²) in [7, 11) is 0. The quantitative estimate of drug-likeness (QED) is 0.708. The van der Waals surface area contributed by atoms with Gasteiger partial charge in [-0.15, -0.1) is 11.3 Å². The maximum absolute atomic E-state index is 11.6. The fraction of sp³-hybridized carbons (Fsp3) is 0.636. The largest absolute Gasteiger partial charge is 0.293 e. The Balaban J connectivity index is 2.06. The molecular formula is C11H13NOS. The highest BCUT2D eigenvalue weighted by Gasteiger charge is 2.43. The first-order chi connectivity index (χ1) is 6.69. The Morgan fingerprint density at radius 2 is 2.14 bits per heavy atom. The molecule has 0 spiro atoms. The molecule has 0 atom stereocenters. The molecule has 3 rings (SSSR count). The van der Waals surface area contributed by atoms with Crippen LogP contribution in [0.25, 0.3) is 0 Å². The molecule has 2 aliphatic rings. The predicted octanol–water partition coefficient (Wildman–Crippen LogP) is 2.71. The number of ketones is 1. The molecule has 1 fully saturated rings. The first-order valence-corrected chi connectivity index (χ1v) is 6.04. The number of nitrogens with zero attached hydrogens (tertiary/aromatic N) is 1. The first-order valence-electron chi connectivity index (χ1n) is 5.22. The highest BCUT2D eigenvalue weighted by atomic mass is 32.1. The number of thiazole rings is 1. The highest BCUT2D eigenvalue weighted by molar-refractivity contribution is 7.14. The lowest BCUT2D eigenvalue weighted by molar-refractivity contribution is 0.0976. The van der Waals surface area contributed by atoms with Crippen LogP contribution in [0, 0.1) is 0 Å². The fourth-order valence-electron chi connectivity index (χ4n) is 1.93. The standard InChI is InChI=1S/C11H13NOS/c1-11(5-6-11)10-12-7-3-2-4-8(13)9(7)14-10/h2-6H2,1H3. The van der Waals surface area contributed by atoms with Crippen LogP contribution in [0.5, 0.6) is 0 Å². The van der Waals surface area contributed by atoms with Crippen molar-refractivity contribution in [1.82, 2.24) is 4.98 Å². The van der Waals surface area contributed by atoms with E-state index < -0.39 is 0 Å². The Morgan fingerprint density at radius 1 is 1.36 bits per heavy atom. The van der Waals surface area contributed by atoms with Gasteiger partial charge in [0.1, 0.15) is 0 Å². The van der Waals surface area contributed by atoms with E-state index in [9.17, 15) is 4.79 Å². The van der Waals surface area contributed by atoms with E-state index in [1.54, 1.807) is 11.3 Å². The predicted molar refractivity (Wildman–Crippen MR) is 56.0 cm³/mol. The number of hydrogen-bond donors (Lipinski definition) is 0. The molecule has 0 bridgehead atoms. The number of aromatic nitrogens is 1. The monoisotopic (exact) mass is 207 g/mol. The number of aryl methyl sites for hydroxylation is 1. The van der Waals surface area contributed by atoms with Gasteiger partial charge in [0, 0.05) is 11.8 Å². The molecule has 1 aromatic rings. The summed E-state index contributed by atoms with van der Waals surface area (Å²) >= 11 is 1.65. The van der Waals surface area contributed by atoms with Gasteiger partial charge in [-0.1, -0.05) is 6.92 Å². The van der Waals surface area contributed by atoms with Crippen molar-refractivity contribution in [2.24, 2.45) is 0 Å². The first kappa shape index (κ1) is 8.60. The third-order valence-corrected chi connectivity index (χ3v) is 4.73. The number of Topliss-reactive ketones (excluding diaryl/α,β-unsaturated/α-hetero) is 1. The molecule has 14 heavy (non-hydrogen) atoms. The maximum Gasteiger partial charge on any atom is 0.174 e. The van der Waals surface area contributed by atoms with Crippen molar-refractivity contribution in [3.8, 4) is 0 Å². The van der Waals surface area contributed by atoms with Crippen molar-refractivity contribution < 1.29 is 4.79 Å². The molecule has 0 radical (unpaired) electrons. The molecule has 1 aromatic heterocycles. The van der Waals surface area contributed by atoms with Crippen molar-refractivity contribution in [3.63, 3.8) is 0 Å². The number of rotatable bonds is 1. The second-order valence-electron chi connectivity index (χ2n) is 4.63. The fourth-order valence-corrected chi connectivity index (χ4v) is 3.21. The number of fused-ring (bicyclic) bond motifs is 1. The van der Waals surface area contributed by atoms with Crippen molar-refractivity contribution >= 4 is 17.1 Å². The molecule has 0 saturated heterocycles. The summed E-state index contributed by atoms with van der Waals surface area (Å²) in [6.07, 6.45) is 5.21. The Labute approximate surface area is 87.4 Å². The zero-order valence-electron chi connectivity index (χ0n) is 8.30. The number of carbonyl (C=O) groups excluding carboxylic acids is 1. The summed E-state index contributed by atoms with van der Waals surface area (Å²) in [5, 5.41) is 1.21. The van der Waals surface area contributed by atoms with Crippen LogP contribution in [-0.4, -0.2) is 10.8 Å². The van der Waals surface area contributed by atoms with Gasteiger partial charge in [-0.25, -0.2) is 4.98 Å². The average molecular weight is 207 g/mol. The zero-order valence-corrected chi connectivity index (χ0v) is 9.12. The molecule has 0 aliphatic heterocycles. The van der Waals surface area contributed by atoms with E-state index in [2.05, 4.69) is 11.9 Å². The van der Waals surface area contributed by atoms with Crippen LogP contribution < -0.4 is 0 Å². The molecule has 0 aromatic carbocycles. The van der Waals surface area contributed by atoms with Crippen LogP contribution in [-0.2, 0) is 11.8 Å². The molecular weight excluding hydrogens is 194 g/mol. The normalized spacial score (nSPS) is 23.4. The minimum Gasteiger partial charge on any atom is -0.293 e. The molecule has 74 valence electrons. The van der Waals surface area contributed by atoms with Crippen LogP contribution in [0.1, 0.15) is 53.0 Å². The Hall–Kier alpha value is -0.700. The smallest absolute Gasteiger partial charge is 0.174 e. The maximum atomic E-state index is 11.6. The van der Waals surface area contributed by atoms with Gasteiger partial charge in [0.25, 0.3) is 0 Å². The molecule has 2 nitrogen and oxygen atoms in total. The summed E-state index contributed by atoms with van der Waals surface area (Å²) in [4.78, 5) is 17.2. The average Bonchev–Trinajstić information content (AvgIpc) is 2.77. The Morgan fingerprint density at radius 3 is 2.79 bits per heavy atom. The van der Waals surface area contributed by atoms with E-state index in [1.165, 1.54) is 17.8 Å². The molecule has 3 heteroatoms. The lowest BCUT2D eigenvalue weighted by Gasteiger charge is -2.06. The SMILES string of the molecule is CC1(c2nc3c(s2)C(=O)CCC3)CC1. The molecule has 0 unspecified atom stereocenters. The van der Waals surface area contributed by atoms with E-state index in [0.717, 1.165) is 29.8 Å². The van der Waals surface area contributed by atoms with Gasteiger partial charge in [-0.3, -0.25) is 4.79 Å². The van der Waals surface area contributed by atoms with Gasteiger partial charge in [0.2, 0.25) is 0 Å². The van der Waals surface area contributed by atoms with Gasteiger partial charge in [0.15, 0.2) is 5.78 Å². The van der Waals surface area contributed by atoms with Crippen LogP contribution in [0.2, 0.25) is 0 Å². The molecule has 0 amide bonds. The van der Waals surface area contributed by atoms with E-state index in [0.29, 0.717) is 11.2 Å². The van der Waals surface area contributed by atoms with Crippen LogP contribution >= 0.6 is 11.3 Å². The Bertz CT molecular complexity index is 403. The van der Waals surface area contributed by atoms with Gasteiger partial charge in [-0.05, 0) is 25.7 Å². The van der Waals surface area contributed by atoms with E-state index in [1.807, 2.05) is 0 Å². The van der Waals surface area contributed by atoms with Crippen molar-refractivity contribution in [2.75, 3.05) is 0 Å². The van der Waals surface area contributed by atoms with Crippen molar-refractivity contribution in [3.05, 3.63) is 15.6 Å². The van der Waals surface area contributed by atoms with Gasteiger partial charge >= 0.3 is 0 Å². The van der Waals surface area contributed by atoms with Gasteiger partial charge < -0.3 is 0 Å². The minimum absolute atomic E-state index is 0.319. The second kappa shape index (κ2) is 2.66. The molecule has 1 heterocycles. The molecule has 2 aliphatic carbocycles. The minimum atomic E-state index is 0.319. The van der Waals surface area contributed by atoms with E-state index >= 15 is 0 Å². The number of hydrogen-bond acceptors (Lipinski definition) is 3. The second-order valence-corrected chi connectivity index (χ2v) is 5.63. The summed E-state index contributed by atoms with van der Waals surface area (Å²) < 4.78 is 0. The Kier molecular flexibility index (Phi) is 1.63. The zero-order chi connectivity index (χ0) is 9.76. The molecule has 0 N–H and O–H groups in total. The summed E-state index contributed by atoms with van der Waals surface area (Å²) in [5.74, 6) is 0.319. The summed E-state index contributed by atoms with van der Waals surface area (Å²) in [6.45, 7) is 2.25. The van der Waals surface area contributed by atoms with Crippen LogP contribution in [0.15, 0.2) is 0 Å². The van der Waals surface area contributed by atoms with Crippen LogP contribution in [0.3, 0.4) is 0 Å². The van der Waals surface area contributed by atoms with Crippen molar-refractivity contribution in [2.45, 2.75) is 44.4 Å². The lowest BCUT2D eigenvalue weighted by atomic mass is 10.0. The number of carbonyl (C=O) groups is 1. The van der Waals surface area contributed by atoms with Gasteiger partial charge in [0.05, 0.1) is 15.6 Å². The van der Waals surface area contributed by atoms with Crippen molar-refractivity contribution in [1.29, 1.82) is 0 Å². The van der Waals surface area contributed by atoms with E-state index in [-0.39, 0.29) is 0 Å². The summed E-state index contributed by atoms with van der Waals surface area (Å²) in [5.41, 5.74) is 1.40. The molecule has 1 saturated carbocycles. The third-order valence-electron chi connectivity index (χ3n) is 3.28. The highest BCUT2D eigenvalue weighted by Crippen LogP contribution is 2.49. The topological polar surface area (TPSA) is 30.0 Å². The van der Waals surface area contributed by atoms with Crippen LogP contribution in [0.4, 0.5) is 0 Å². The van der Waals surface area contributed by atoms with Gasteiger partial charge in [-0.2, -0.15) is 0 Å². The lowest BCUT2D eigenvalue weighted by Crippen LogP contribution is -2.07. The summed E-state index contributed by atoms with van der Waals surface area (Å²) in [6, 6.07) is 0. The van der Waals surface area contributed by atoms with E-state index in [4.69, 9.17) is 0 Å². The third kappa shape index (κ3) is 1.15.